The van der Waals surface area contributed by atoms with Gasteiger partial charge in [0.05, 0.1) is 14.3 Å². The topological polar surface area (TPSA) is 107 Å². The molecule has 0 aliphatic heterocycles. The van der Waals surface area contributed by atoms with Gasteiger partial charge in [0, 0.05) is 10.9 Å². The third-order valence-corrected chi connectivity index (χ3v) is 4.20. The summed E-state index contributed by atoms with van der Waals surface area (Å²) in [6, 6.07) is 7.90. The predicted octanol–water partition coefficient (Wildman–Crippen LogP) is 2.60. The van der Waals surface area contributed by atoms with Gasteiger partial charge in [0.1, 0.15) is 6.61 Å². The largest absolute Gasteiger partial charge is 0.480 e. The fourth-order valence-electron chi connectivity index (χ4n) is 1.58. The van der Waals surface area contributed by atoms with Crippen LogP contribution in [0.25, 0.3) is 0 Å². The molecule has 3 N–H and O–H groups in total. The molecule has 0 unspecified atom stereocenters. The third kappa shape index (κ3) is 3.57. The van der Waals surface area contributed by atoms with Gasteiger partial charge in [-0.2, -0.15) is 0 Å². The van der Waals surface area contributed by atoms with Crippen LogP contribution in [0.4, 0.5) is 5.69 Å². The average molecular weight is 372 g/mol. The number of nitro benzene ring substituents is 1. The number of nitro groups is 1. The van der Waals surface area contributed by atoms with E-state index in [0.717, 1.165) is 4.88 Å². The molecular weight excluding hydrogens is 362 g/mol. The first-order valence-corrected chi connectivity index (χ1v) is 7.29. The number of hydrogen-bond acceptors (Lipinski definition) is 6. The van der Waals surface area contributed by atoms with Crippen LogP contribution in [-0.2, 0) is 6.61 Å². The molecule has 7 nitrogen and oxygen atoms in total. The second kappa shape index (κ2) is 6.66. The van der Waals surface area contributed by atoms with E-state index in [1.165, 1.54) is 17.4 Å². The van der Waals surface area contributed by atoms with E-state index in [-0.39, 0.29) is 18.0 Å². The lowest BCUT2D eigenvalue weighted by Crippen LogP contribution is -2.29. The van der Waals surface area contributed by atoms with Crippen molar-refractivity contribution in [1.82, 2.24) is 5.43 Å². The SMILES string of the molecule is NNC(=O)c1ccc(COc2c(Br)cccc2[N+](=O)[O-])s1. The Morgan fingerprint density at radius 2 is 2.19 bits per heavy atom. The van der Waals surface area contributed by atoms with E-state index in [1.807, 2.05) is 5.43 Å². The van der Waals surface area contributed by atoms with Crippen LogP contribution < -0.4 is 16.0 Å². The number of nitrogens with one attached hydrogen (secondary N) is 1. The Hall–Kier alpha value is -1.97. The number of nitrogen functional groups attached to an aromatic ring is 1. The molecule has 0 atom stereocenters. The zero-order valence-corrected chi connectivity index (χ0v) is 12.9. The van der Waals surface area contributed by atoms with Gasteiger partial charge in [0.2, 0.25) is 5.75 Å². The molecule has 1 amide bonds. The molecule has 1 heterocycles. The molecule has 0 fully saturated rings. The minimum atomic E-state index is -0.512. The van der Waals surface area contributed by atoms with E-state index < -0.39 is 10.8 Å². The summed E-state index contributed by atoms with van der Waals surface area (Å²) in [5.41, 5.74) is 1.91. The van der Waals surface area contributed by atoms with Crippen LogP contribution in [-0.4, -0.2) is 10.8 Å². The Labute approximate surface area is 132 Å². The molecule has 1 aromatic carbocycles. The van der Waals surface area contributed by atoms with Gasteiger partial charge < -0.3 is 4.74 Å². The highest BCUT2D eigenvalue weighted by molar-refractivity contribution is 9.10. The van der Waals surface area contributed by atoms with Gasteiger partial charge in [-0.1, -0.05) is 6.07 Å². The normalized spacial score (nSPS) is 10.2. The van der Waals surface area contributed by atoms with Crippen molar-refractivity contribution < 1.29 is 14.5 Å². The van der Waals surface area contributed by atoms with E-state index in [2.05, 4.69) is 15.9 Å². The van der Waals surface area contributed by atoms with E-state index in [1.54, 1.807) is 24.3 Å². The number of amides is 1. The summed E-state index contributed by atoms with van der Waals surface area (Å²) in [6.07, 6.45) is 0. The van der Waals surface area contributed by atoms with Crippen molar-refractivity contribution in [1.29, 1.82) is 0 Å². The van der Waals surface area contributed by atoms with Crippen molar-refractivity contribution in [2.75, 3.05) is 0 Å². The zero-order valence-electron chi connectivity index (χ0n) is 10.5. The van der Waals surface area contributed by atoms with Crippen LogP contribution in [0.2, 0.25) is 0 Å². The predicted molar refractivity (Wildman–Crippen MR) is 81.1 cm³/mol. The molecule has 21 heavy (non-hydrogen) atoms. The van der Waals surface area contributed by atoms with Crippen molar-refractivity contribution in [3.8, 4) is 5.75 Å². The van der Waals surface area contributed by atoms with Crippen LogP contribution in [0.3, 0.4) is 0 Å². The lowest BCUT2D eigenvalue weighted by Gasteiger charge is -2.07. The fraction of sp³-hybridized carbons (Fsp3) is 0.0833. The summed E-state index contributed by atoms with van der Waals surface area (Å²) in [7, 11) is 0. The smallest absolute Gasteiger partial charge is 0.312 e. The van der Waals surface area contributed by atoms with E-state index in [9.17, 15) is 14.9 Å². The lowest BCUT2D eigenvalue weighted by atomic mass is 10.3. The molecule has 0 saturated heterocycles. The summed E-state index contributed by atoms with van der Waals surface area (Å²) in [5.74, 6) is 4.81. The zero-order chi connectivity index (χ0) is 15.4. The molecule has 0 spiro atoms. The highest BCUT2D eigenvalue weighted by Crippen LogP contribution is 2.35. The highest BCUT2D eigenvalue weighted by Gasteiger charge is 2.18. The van der Waals surface area contributed by atoms with Crippen LogP contribution in [0.5, 0.6) is 5.75 Å². The summed E-state index contributed by atoms with van der Waals surface area (Å²) >= 11 is 4.42. The van der Waals surface area contributed by atoms with Crippen LogP contribution >= 0.6 is 27.3 Å². The van der Waals surface area contributed by atoms with E-state index >= 15 is 0 Å². The van der Waals surface area contributed by atoms with Crippen LogP contribution in [0.1, 0.15) is 14.5 Å². The maximum atomic E-state index is 11.3. The van der Waals surface area contributed by atoms with Gasteiger partial charge in [-0.05, 0) is 34.1 Å². The summed E-state index contributed by atoms with van der Waals surface area (Å²) in [4.78, 5) is 23.0. The Morgan fingerprint density at radius 1 is 1.43 bits per heavy atom. The van der Waals surface area contributed by atoms with Gasteiger partial charge in [0.15, 0.2) is 0 Å². The van der Waals surface area contributed by atoms with Crippen molar-refractivity contribution in [2.45, 2.75) is 6.61 Å². The molecule has 0 aliphatic rings. The first kappa shape index (κ1) is 15.4. The van der Waals surface area contributed by atoms with Crippen molar-refractivity contribution in [2.24, 2.45) is 5.84 Å². The minimum Gasteiger partial charge on any atom is -0.480 e. The highest BCUT2D eigenvalue weighted by atomic mass is 79.9. The van der Waals surface area contributed by atoms with Gasteiger partial charge in [-0.3, -0.25) is 20.3 Å². The molecular formula is C12H10BrN3O4S. The van der Waals surface area contributed by atoms with E-state index in [4.69, 9.17) is 10.6 Å². The molecule has 1 aromatic heterocycles. The third-order valence-electron chi connectivity index (χ3n) is 2.52. The number of halogens is 1. The van der Waals surface area contributed by atoms with Crippen molar-refractivity contribution in [3.63, 3.8) is 0 Å². The standard InChI is InChI=1S/C12H10BrN3O4S/c13-8-2-1-3-9(16(18)19)11(8)20-6-7-4-5-10(21-7)12(17)15-14/h1-5H,6,14H2,(H,15,17). The lowest BCUT2D eigenvalue weighted by molar-refractivity contribution is -0.386. The molecule has 9 heteroatoms. The molecule has 0 aliphatic carbocycles. The summed E-state index contributed by atoms with van der Waals surface area (Å²) < 4.78 is 5.99. The number of hydrogen-bond donors (Lipinski definition) is 2. The summed E-state index contributed by atoms with van der Waals surface area (Å²) in [6.45, 7) is 0.117. The Morgan fingerprint density at radius 3 is 2.86 bits per heavy atom. The number of hydrazine groups is 1. The molecule has 110 valence electrons. The molecule has 2 aromatic rings. The number of carbonyl (C=O) groups is 1. The quantitative estimate of drug-likeness (QED) is 0.363. The number of para-hydroxylation sites is 1. The van der Waals surface area contributed by atoms with Crippen LogP contribution in [0, 0.1) is 10.1 Å². The fourth-order valence-corrected chi connectivity index (χ4v) is 2.87. The maximum absolute atomic E-state index is 11.3. The van der Waals surface area contributed by atoms with Gasteiger partial charge in [0.25, 0.3) is 5.91 Å². The molecule has 0 saturated carbocycles. The van der Waals surface area contributed by atoms with Gasteiger partial charge in [-0.15, -0.1) is 11.3 Å². The number of carbonyl (C=O) groups excluding carboxylic acids is 1. The second-order valence-corrected chi connectivity index (χ2v) is 5.90. The molecule has 2 rings (SSSR count). The Balaban J connectivity index is 2.15. The number of nitrogens with zero attached hydrogens (tertiary/aromatic N) is 1. The number of benzene rings is 1. The number of thiophene rings is 1. The summed E-state index contributed by atoms with van der Waals surface area (Å²) in [5, 5.41) is 11.0. The molecule has 0 bridgehead atoms. The van der Waals surface area contributed by atoms with Crippen molar-refractivity contribution in [3.05, 3.63) is 54.7 Å². The first-order valence-electron chi connectivity index (χ1n) is 5.68. The van der Waals surface area contributed by atoms with Crippen molar-refractivity contribution >= 4 is 38.9 Å². The number of nitrogens with two attached hydrogens (primary N) is 1. The van der Waals surface area contributed by atoms with E-state index in [0.29, 0.717) is 9.35 Å². The second-order valence-electron chi connectivity index (χ2n) is 3.87. The maximum Gasteiger partial charge on any atom is 0.312 e. The molecule has 0 radical (unpaired) electrons. The average Bonchev–Trinajstić information content (AvgIpc) is 2.93. The Kier molecular flexibility index (Phi) is 4.89. The minimum absolute atomic E-state index is 0.117. The monoisotopic (exact) mass is 371 g/mol. The number of ether oxygens (including phenoxy) is 1. The van der Waals surface area contributed by atoms with Gasteiger partial charge >= 0.3 is 5.69 Å². The Bertz CT molecular complexity index is 689. The first-order chi connectivity index (χ1) is 10.0. The van der Waals surface area contributed by atoms with Crippen LogP contribution in [0.15, 0.2) is 34.8 Å². The van der Waals surface area contributed by atoms with Gasteiger partial charge in [-0.25, -0.2) is 5.84 Å². The number of rotatable bonds is 5.